The van der Waals surface area contributed by atoms with Gasteiger partial charge in [-0.15, -0.1) is 0 Å². The van der Waals surface area contributed by atoms with Crippen LogP contribution in [0.25, 0.3) is 0 Å². The molecule has 2 heterocycles. The number of aromatic nitrogens is 2. The molecule has 0 amide bonds. The highest BCUT2D eigenvalue weighted by Gasteiger charge is 2.27. The summed E-state index contributed by atoms with van der Waals surface area (Å²) in [6.07, 6.45) is 4.52. The van der Waals surface area contributed by atoms with Gasteiger partial charge in [0.05, 0.1) is 4.92 Å². The molecule has 1 aliphatic heterocycles. The molecule has 1 aromatic carbocycles. The SMILES string of the molecule is O=[N+]([O-])c1ccc(N2CCC(C(O)c3ncc[nH]3)CC2)cc1. The second-order valence-corrected chi connectivity index (χ2v) is 5.52. The van der Waals surface area contributed by atoms with E-state index in [2.05, 4.69) is 14.9 Å². The summed E-state index contributed by atoms with van der Waals surface area (Å²) >= 11 is 0. The first-order valence-electron chi connectivity index (χ1n) is 7.32. The Morgan fingerprint density at radius 2 is 2.00 bits per heavy atom. The highest BCUT2D eigenvalue weighted by molar-refractivity contribution is 5.51. The minimum absolute atomic E-state index is 0.104. The average Bonchev–Trinajstić information content (AvgIpc) is 3.09. The molecule has 1 unspecified atom stereocenters. The van der Waals surface area contributed by atoms with E-state index < -0.39 is 11.0 Å². The average molecular weight is 302 g/mol. The molecule has 7 heteroatoms. The van der Waals surface area contributed by atoms with Gasteiger partial charge < -0.3 is 15.0 Å². The molecule has 2 N–H and O–H groups in total. The molecule has 22 heavy (non-hydrogen) atoms. The molecule has 1 aliphatic rings. The van der Waals surface area contributed by atoms with Crippen LogP contribution >= 0.6 is 0 Å². The molecule has 3 rings (SSSR count). The third kappa shape index (κ3) is 2.94. The Bertz CT molecular complexity index is 619. The van der Waals surface area contributed by atoms with Crippen LogP contribution in [0.4, 0.5) is 11.4 Å². The highest BCUT2D eigenvalue weighted by Crippen LogP contribution is 2.31. The fourth-order valence-corrected chi connectivity index (χ4v) is 2.92. The van der Waals surface area contributed by atoms with Gasteiger partial charge in [0.2, 0.25) is 0 Å². The molecule has 116 valence electrons. The highest BCUT2D eigenvalue weighted by atomic mass is 16.6. The van der Waals surface area contributed by atoms with Crippen LogP contribution in [0.15, 0.2) is 36.7 Å². The quantitative estimate of drug-likeness (QED) is 0.667. The van der Waals surface area contributed by atoms with Crippen LogP contribution in [0.1, 0.15) is 24.8 Å². The Morgan fingerprint density at radius 1 is 1.32 bits per heavy atom. The fraction of sp³-hybridized carbons (Fsp3) is 0.400. The van der Waals surface area contributed by atoms with Gasteiger partial charge in [0, 0.05) is 43.3 Å². The lowest BCUT2D eigenvalue weighted by molar-refractivity contribution is -0.384. The number of hydrogen-bond donors (Lipinski definition) is 2. The molecule has 0 spiro atoms. The number of nitro groups is 1. The van der Waals surface area contributed by atoms with Crippen LogP contribution in [-0.4, -0.2) is 33.1 Å². The lowest BCUT2D eigenvalue weighted by Gasteiger charge is -2.35. The molecule has 0 saturated carbocycles. The smallest absolute Gasteiger partial charge is 0.269 e. The number of nitrogens with zero attached hydrogens (tertiary/aromatic N) is 3. The summed E-state index contributed by atoms with van der Waals surface area (Å²) in [5, 5.41) is 21.0. The van der Waals surface area contributed by atoms with Gasteiger partial charge in [0.1, 0.15) is 11.9 Å². The van der Waals surface area contributed by atoms with Gasteiger partial charge in [0.15, 0.2) is 0 Å². The predicted molar refractivity (Wildman–Crippen MR) is 81.6 cm³/mol. The Balaban J connectivity index is 1.60. The van der Waals surface area contributed by atoms with Crippen molar-refractivity contribution in [1.82, 2.24) is 9.97 Å². The number of nitro benzene ring substituents is 1. The van der Waals surface area contributed by atoms with E-state index in [4.69, 9.17) is 0 Å². The summed E-state index contributed by atoms with van der Waals surface area (Å²) in [5.41, 5.74) is 1.09. The first kappa shape index (κ1) is 14.5. The topological polar surface area (TPSA) is 95.3 Å². The molecular formula is C15H18N4O3. The maximum absolute atomic E-state index is 10.7. The molecule has 1 fully saturated rings. The third-order valence-electron chi connectivity index (χ3n) is 4.21. The number of benzene rings is 1. The number of non-ortho nitro benzene ring substituents is 1. The van der Waals surface area contributed by atoms with E-state index in [0.717, 1.165) is 31.6 Å². The van der Waals surface area contributed by atoms with Crippen molar-refractivity contribution < 1.29 is 10.0 Å². The van der Waals surface area contributed by atoms with Gasteiger partial charge in [-0.3, -0.25) is 10.1 Å². The van der Waals surface area contributed by atoms with Crippen molar-refractivity contribution >= 4 is 11.4 Å². The van der Waals surface area contributed by atoms with E-state index in [-0.39, 0.29) is 11.6 Å². The van der Waals surface area contributed by atoms with Gasteiger partial charge in [-0.1, -0.05) is 0 Å². The van der Waals surface area contributed by atoms with Crippen molar-refractivity contribution in [3.63, 3.8) is 0 Å². The summed E-state index contributed by atoms with van der Waals surface area (Å²) in [6, 6.07) is 6.61. The molecule has 1 aromatic heterocycles. The van der Waals surface area contributed by atoms with Crippen LogP contribution in [0.3, 0.4) is 0 Å². The second kappa shape index (κ2) is 6.15. The lowest BCUT2D eigenvalue weighted by atomic mass is 9.90. The van der Waals surface area contributed by atoms with Gasteiger partial charge in [-0.25, -0.2) is 4.98 Å². The molecule has 1 atom stereocenters. The van der Waals surface area contributed by atoms with Crippen molar-refractivity contribution in [3.8, 4) is 0 Å². The van der Waals surface area contributed by atoms with Crippen LogP contribution in [0.5, 0.6) is 0 Å². The van der Waals surface area contributed by atoms with Crippen LogP contribution in [-0.2, 0) is 0 Å². The monoisotopic (exact) mass is 302 g/mol. The van der Waals surface area contributed by atoms with Gasteiger partial charge >= 0.3 is 0 Å². The van der Waals surface area contributed by atoms with E-state index >= 15 is 0 Å². The summed E-state index contributed by atoms with van der Waals surface area (Å²) in [6.45, 7) is 1.64. The van der Waals surface area contributed by atoms with E-state index in [1.54, 1.807) is 24.5 Å². The largest absolute Gasteiger partial charge is 0.385 e. The summed E-state index contributed by atoms with van der Waals surface area (Å²) in [4.78, 5) is 19.5. The van der Waals surface area contributed by atoms with E-state index in [0.29, 0.717) is 5.82 Å². The van der Waals surface area contributed by atoms with Gasteiger partial charge in [-0.2, -0.15) is 0 Å². The fourth-order valence-electron chi connectivity index (χ4n) is 2.92. The van der Waals surface area contributed by atoms with Crippen LogP contribution in [0, 0.1) is 16.0 Å². The Morgan fingerprint density at radius 3 is 2.55 bits per heavy atom. The Kier molecular flexibility index (Phi) is 4.06. The lowest BCUT2D eigenvalue weighted by Crippen LogP contribution is -2.35. The second-order valence-electron chi connectivity index (χ2n) is 5.52. The Hall–Kier alpha value is -2.41. The van der Waals surface area contributed by atoms with Gasteiger partial charge in [-0.05, 0) is 30.9 Å². The number of H-pyrrole nitrogens is 1. The molecule has 7 nitrogen and oxygen atoms in total. The Labute approximate surface area is 127 Å². The van der Waals surface area contributed by atoms with Crippen molar-refractivity contribution in [2.75, 3.05) is 18.0 Å². The summed E-state index contributed by atoms with van der Waals surface area (Å²) in [5.74, 6) is 0.800. The number of nitrogens with one attached hydrogen (secondary N) is 1. The molecule has 0 bridgehead atoms. The van der Waals surface area contributed by atoms with Crippen molar-refractivity contribution in [1.29, 1.82) is 0 Å². The van der Waals surface area contributed by atoms with Crippen molar-refractivity contribution in [2.45, 2.75) is 18.9 Å². The molecule has 0 radical (unpaired) electrons. The number of imidazole rings is 1. The van der Waals surface area contributed by atoms with Crippen LogP contribution < -0.4 is 4.90 Å². The summed E-state index contributed by atoms with van der Waals surface area (Å²) in [7, 11) is 0. The number of anilines is 1. The maximum Gasteiger partial charge on any atom is 0.269 e. The minimum atomic E-state index is -0.561. The molecular weight excluding hydrogens is 284 g/mol. The molecule has 0 aliphatic carbocycles. The number of aromatic amines is 1. The minimum Gasteiger partial charge on any atom is -0.385 e. The first-order chi connectivity index (χ1) is 10.6. The standard InChI is InChI=1S/C15H18N4O3/c20-14(15-16-7-8-17-15)11-5-9-18(10-6-11)12-1-3-13(4-2-12)19(21)22/h1-4,7-8,11,14,20H,5-6,9-10H2,(H,16,17). The number of aliphatic hydroxyl groups is 1. The third-order valence-corrected chi connectivity index (χ3v) is 4.21. The zero-order valence-electron chi connectivity index (χ0n) is 12.1. The number of rotatable bonds is 4. The zero-order chi connectivity index (χ0) is 15.5. The van der Waals surface area contributed by atoms with Gasteiger partial charge in [0.25, 0.3) is 5.69 Å². The van der Waals surface area contributed by atoms with E-state index in [1.807, 2.05) is 0 Å². The normalized spacial score (nSPS) is 17.4. The molecule has 2 aromatic rings. The molecule has 1 saturated heterocycles. The van der Waals surface area contributed by atoms with Crippen molar-refractivity contribution in [3.05, 3.63) is 52.6 Å². The van der Waals surface area contributed by atoms with E-state index in [1.165, 1.54) is 12.1 Å². The van der Waals surface area contributed by atoms with Crippen LogP contribution in [0.2, 0.25) is 0 Å². The zero-order valence-corrected chi connectivity index (χ0v) is 12.1. The predicted octanol–water partition coefficient (Wildman–Crippen LogP) is 2.27. The number of piperidine rings is 1. The number of hydrogen-bond acceptors (Lipinski definition) is 5. The summed E-state index contributed by atoms with van der Waals surface area (Å²) < 4.78 is 0. The van der Waals surface area contributed by atoms with Crippen molar-refractivity contribution in [2.24, 2.45) is 5.92 Å². The van der Waals surface area contributed by atoms with E-state index in [9.17, 15) is 15.2 Å². The number of aliphatic hydroxyl groups excluding tert-OH is 1. The maximum atomic E-state index is 10.7. The first-order valence-corrected chi connectivity index (χ1v) is 7.32.